The highest BCUT2D eigenvalue weighted by molar-refractivity contribution is 5.95. The number of aryl methyl sites for hydroxylation is 1. The molecule has 0 fully saturated rings. The van der Waals surface area contributed by atoms with Gasteiger partial charge in [0.15, 0.2) is 0 Å². The van der Waals surface area contributed by atoms with Crippen molar-refractivity contribution in [1.82, 2.24) is 5.43 Å². The molecule has 0 spiro atoms. The predicted molar refractivity (Wildman–Crippen MR) is 102 cm³/mol. The first kappa shape index (κ1) is 19.5. The Morgan fingerprint density at radius 2 is 2.00 bits per heavy atom. The summed E-state index contributed by atoms with van der Waals surface area (Å²) in [5, 5.41) is 21.5. The number of aromatic carboxylic acids is 1. The lowest BCUT2D eigenvalue weighted by Crippen LogP contribution is -2.19. The molecular formula is C21H14FN3O4. The Bertz CT molecular complexity index is 1170. The first-order valence-electron chi connectivity index (χ1n) is 8.36. The van der Waals surface area contributed by atoms with Gasteiger partial charge in [-0.1, -0.05) is 6.07 Å². The number of hydrogen-bond donors (Lipinski definition) is 2. The molecule has 0 aliphatic rings. The first-order valence-corrected chi connectivity index (χ1v) is 8.36. The van der Waals surface area contributed by atoms with Crippen LogP contribution in [-0.4, -0.2) is 23.2 Å². The van der Waals surface area contributed by atoms with Crippen molar-refractivity contribution in [2.45, 2.75) is 6.92 Å². The van der Waals surface area contributed by atoms with E-state index >= 15 is 0 Å². The molecule has 2 N–H and O–H groups in total. The number of hydrogen-bond acceptors (Lipinski definition) is 5. The molecule has 0 atom stereocenters. The van der Waals surface area contributed by atoms with E-state index in [0.29, 0.717) is 11.5 Å². The highest BCUT2D eigenvalue weighted by Gasteiger charge is 2.12. The number of nitrogens with one attached hydrogen (secondary N) is 1. The summed E-state index contributed by atoms with van der Waals surface area (Å²) >= 11 is 0. The number of carbonyl (C=O) groups is 2. The van der Waals surface area contributed by atoms with E-state index in [1.54, 1.807) is 37.3 Å². The number of carboxylic acid groups (broad SMARTS) is 1. The van der Waals surface area contributed by atoms with Gasteiger partial charge in [-0.05, 0) is 55.0 Å². The van der Waals surface area contributed by atoms with Crippen LogP contribution in [0.4, 0.5) is 4.39 Å². The van der Waals surface area contributed by atoms with Crippen molar-refractivity contribution in [3.8, 4) is 17.4 Å². The summed E-state index contributed by atoms with van der Waals surface area (Å²) in [7, 11) is 0. The second-order valence-corrected chi connectivity index (χ2v) is 6.04. The van der Waals surface area contributed by atoms with E-state index in [1.165, 1.54) is 24.4 Å². The second kappa shape index (κ2) is 8.19. The molecular weight excluding hydrogens is 377 g/mol. The Morgan fingerprint density at radius 1 is 1.21 bits per heavy atom. The summed E-state index contributed by atoms with van der Waals surface area (Å²) in [6, 6.07) is 13.3. The van der Waals surface area contributed by atoms with Gasteiger partial charge in [-0.3, -0.25) is 4.79 Å². The molecule has 0 saturated carbocycles. The van der Waals surface area contributed by atoms with Crippen LogP contribution >= 0.6 is 0 Å². The number of nitrogens with zero attached hydrogens (tertiary/aromatic N) is 2. The standard InChI is InChI=1S/C21H14FN3O4/c1-12-8-14(21(27)28)3-6-16(12)19-7-4-15(29-19)11-24-25-20(26)17-5-2-13(10-23)9-18(17)22/h2-9,11H,1H3,(H,25,26)(H,27,28)/b24-11+. The van der Waals surface area contributed by atoms with E-state index < -0.39 is 17.7 Å². The topological polar surface area (TPSA) is 116 Å². The molecule has 3 aromatic rings. The summed E-state index contributed by atoms with van der Waals surface area (Å²) in [4.78, 5) is 23.0. The molecule has 1 heterocycles. The number of amides is 1. The van der Waals surface area contributed by atoms with Crippen molar-refractivity contribution in [2.24, 2.45) is 5.10 Å². The van der Waals surface area contributed by atoms with Crippen LogP contribution in [0.2, 0.25) is 0 Å². The largest absolute Gasteiger partial charge is 0.478 e. The van der Waals surface area contributed by atoms with Crippen LogP contribution in [0.5, 0.6) is 0 Å². The Kier molecular flexibility index (Phi) is 5.51. The molecule has 29 heavy (non-hydrogen) atoms. The number of halogens is 1. The SMILES string of the molecule is Cc1cc(C(=O)O)ccc1-c1ccc(/C=N/NC(=O)c2ccc(C#N)cc2F)o1. The molecule has 7 nitrogen and oxygen atoms in total. The number of carbonyl (C=O) groups excluding carboxylic acids is 1. The molecule has 0 aliphatic carbocycles. The summed E-state index contributed by atoms with van der Waals surface area (Å²) < 4.78 is 19.5. The minimum absolute atomic E-state index is 0.109. The molecule has 0 aliphatic heterocycles. The van der Waals surface area contributed by atoms with Crippen molar-refractivity contribution in [2.75, 3.05) is 0 Å². The number of nitriles is 1. The normalized spacial score (nSPS) is 10.7. The van der Waals surface area contributed by atoms with Crippen molar-refractivity contribution in [3.05, 3.63) is 82.4 Å². The minimum atomic E-state index is -1.01. The minimum Gasteiger partial charge on any atom is -0.478 e. The highest BCUT2D eigenvalue weighted by Crippen LogP contribution is 2.26. The molecule has 0 unspecified atom stereocenters. The first-order chi connectivity index (χ1) is 13.9. The van der Waals surface area contributed by atoms with Gasteiger partial charge >= 0.3 is 5.97 Å². The van der Waals surface area contributed by atoms with Crippen molar-refractivity contribution in [1.29, 1.82) is 5.26 Å². The zero-order valence-corrected chi connectivity index (χ0v) is 15.1. The van der Waals surface area contributed by atoms with Crippen LogP contribution in [0.15, 0.2) is 58.0 Å². The smallest absolute Gasteiger partial charge is 0.335 e. The molecule has 0 bridgehead atoms. The summed E-state index contributed by atoms with van der Waals surface area (Å²) in [5.74, 6) is -1.76. The van der Waals surface area contributed by atoms with E-state index in [-0.39, 0.29) is 16.7 Å². The lowest BCUT2D eigenvalue weighted by atomic mass is 10.0. The van der Waals surface area contributed by atoms with E-state index in [0.717, 1.165) is 17.2 Å². The van der Waals surface area contributed by atoms with E-state index in [9.17, 15) is 14.0 Å². The third-order valence-corrected chi connectivity index (χ3v) is 4.07. The maximum absolute atomic E-state index is 13.8. The fourth-order valence-electron chi connectivity index (χ4n) is 2.62. The van der Waals surface area contributed by atoms with Gasteiger partial charge in [0.2, 0.25) is 0 Å². The number of furan rings is 1. The van der Waals surface area contributed by atoms with Crippen LogP contribution in [0, 0.1) is 24.1 Å². The monoisotopic (exact) mass is 391 g/mol. The van der Waals surface area contributed by atoms with E-state index in [2.05, 4.69) is 10.5 Å². The van der Waals surface area contributed by atoms with Gasteiger partial charge < -0.3 is 9.52 Å². The van der Waals surface area contributed by atoms with E-state index in [1.807, 2.05) is 0 Å². The van der Waals surface area contributed by atoms with Crippen LogP contribution in [0.3, 0.4) is 0 Å². The van der Waals surface area contributed by atoms with Crippen LogP contribution in [-0.2, 0) is 0 Å². The molecule has 0 saturated heterocycles. The molecule has 144 valence electrons. The average molecular weight is 391 g/mol. The molecule has 8 heteroatoms. The second-order valence-electron chi connectivity index (χ2n) is 6.04. The van der Waals surface area contributed by atoms with Gasteiger partial charge in [0.25, 0.3) is 5.91 Å². The Labute approximate surface area is 164 Å². The maximum atomic E-state index is 13.8. The summed E-state index contributed by atoms with van der Waals surface area (Å²) in [6.45, 7) is 1.77. The highest BCUT2D eigenvalue weighted by atomic mass is 19.1. The summed E-state index contributed by atoms with van der Waals surface area (Å²) in [6.07, 6.45) is 1.25. The van der Waals surface area contributed by atoms with Crippen LogP contribution < -0.4 is 5.43 Å². The lowest BCUT2D eigenvalue weighted by molar-refractivity contribution is 0.0696. The van der Waals surface area contributed by atoms with Gasteiger partial charge in [-0.2, -0.15) is 10.4 Å². The van der Waals surface area contributed by atoms with Gasteiger partial charge in [0.1, 0.15) is 17.3 Å². The number of benzene rings is 2. The van der Waals surface area contributed by atoms with E-state index in [4.69, 9.17) is 14.8 Å². The van der Waals surface area contributed by atoms with Gasteiger partial charge in [0.05, 0.1) is 29.0 Å². The van der Waals surface area contributed by atoms with Gasteiger partial charge in [0, 0.05) is 5.56 Å². The summed E-state index contributed by atoms with van der Waals surface area (Å²) in [5.41, 5.74) is 3.68. The van der Waals surface area contributed by atoms with Crippen molar-refractivity contribution < 1.29 is 23.5 Å². The number of carboxylic acids is 1. The predicted octanol–water partition coefficient (Wildman–Crippen LogP) is 3.73. The zero-order chi connectivity index (χ0) is 21.0. The Hall–Kier alpha value is -4.25. The van der Waals surface area contributed by atoms with Crippen molar-refractivity contribution in [3.63, 3.8) is 0 Å². The Morgan fingerprint density at radius 3 is 2.66 bits per heavy atom. The quantitative estimate of drug-likeness (QED) is 0.508. The van der Waals surface area contributed by atoms with Gasteiger partial charge in [-0.25, -0.2) is 14.6 Å². The molecule has 0 radical (unpaired) electrons. The maximum Gasteiger partial charge on any atom is 0.335 e. The fraction of sp³-hybridized carbons (Fsp3) is 0.0476. The lowest BCUT2D eigenvalue weighted by Gasteiger charge is -2.04. The van der Waals surface area contributed by atoms with Crippen LogP contribution in [0.1, 0.15) is 37.6 Å². The fourth-order valence-corrected chi connectivity index (χ4v) is 2.62. The Balaban J connectivity index is 1.70. The van der Waals surface area contributed by atoms with Crippen molar-refractivity contribution >= 4 is 18.1 Å². The molecule has 3 rings (SSSR count). The zero-order valence-electron chi connectivity index (χ0n) is 15.1. The third-order valence-electron chi connectivity index (χ3n) is 4.07. The molecule has 1 amide bonds. The molecule has 1 aromatic heterocycles. The number of rotatable bonds is 5. The van der Waals surface area contributed by atoms with Crippen LogP contribution in [0.25, 0.3) is 11.3 Å². The molecule has 2 aromatic carbocycles. The average Bonchev–Trinajstić information content (AvgIpc) is 3.16. The number of hydrazone groups is 1. The van der Waals surface area contributed by atoms with Gasteiger partial charge in [-0.15, -0.1) is 0 Å². The third kappa shape index (κ3) is 4.36.